The summed E-state index contributed by atoms with van der Waals surface area (Å²) in [4.78, 5) is 11.0. The average molecular weight is 357 g/mol. The highest BCUT2D eigenvalue weighted by molar-refractivity contribution is 5.68. The van der Waals surface area contributed by atoms with Gasteiger partial charge in [-0.2, -0.15) is 0 Å². The topological polar surface area (TPSA) is 55.8 Å². The average Bonchev–Trinajstić information content (AvgIpc) is 3.04. The van der Waals surface area contributed by atoms with E-state index in [0.29, 0.717) is 18.4 Å². The van der Waals surface area contributed by atoms with E-state index in [2.05, 4.69) is 11.7 Å². The van der Waals surface area contributed by atoms with E-state index in [1.54, 1.807) is 0 Å². The SMILES string of the molecule is CCCCCCC(O)CC1CCOC1CCCCCCCC(=O)OC. The van der Waals surface area contributed by atoms with Crippen LogP contribution in [-0.4, -0.2) is 37.0 Å². The summed E-state index contributed by atoms with van der Waals surface area (Å²) >= 11 is 0. The van der Waals surface area contributed by atoms with Crippen LogP contribution in [0.25, 0.3) is 0 Å². The van der Waals surface area contributed by atoms with Crippen molar-refractivity contribution in [1.29, 1.82) is 0 Å². The molecule has 0 aliphatic carbocycles. The molecule has 1 fully saturated rings. The number of rotatable bonds is 15. The van der Waals surface area contributed by atoms with E-state index in [1.807, 2.05) is 0 Å². The van der Waals surface area contributed by atoms with Crippen LogP contribution >= 0.6 is 0 Å². The second kappa shape index (κ2) is 14.5. The molecular formula is C21H40O4. The number of methoxy groups -OCH3 is 1. The van der Waals surface area contributed by atoms with E-state index in [9.17, 15) is 9.90 Å². The van der Waals surface area contributed by atoms with Crippen LogP contribution in [-0.2, 0) is 14.3 Å². The lowest BCUT2D eigenvalue weighted by Crippen LogP contribution is -2.21. The first-order valence-corrected chi connectivity index (χ1v) is 10.5. The second-order valence-corrected chi connectivity index (χ2v) is 7.58. The summed E-state index contributed by atoms with van der Waals surface area (Å²) in [7, 11) is 1.45. The van der Waals surface area contributed by atoms with Crippen molar-refractivity contribution in [3.8, 4) is 0 Å². The molecule has 25 heavy (non-hydrogen) atoms. The molecule has 0 aromatic rings. The molecule has 0 aromatic carbocycles. The molecule has 1 heterocycles. The van der Waals surface area contributed by atoms with Crippen molar-refractivity contribution >= 4 is 5.97 Å². The zero-order valence-corrected chi connectivity index (χ0v) is 16.5. The van der Waals surface area contributed by atoms with Gasteiger partial charge in [0.25, 0.3) is 0 Å². The number of aliphatic hydroxyl groups is 1. The monoisotopic (exact) mass is 356 g/mol. The largest absolute Gasteiger partial charge is 0.469 e. The third-order valence-electron chi connectivity index (χ3n) is 5.41. The number of carbonyl (C=O) groups excluding carboxylic acids is 1. The highest BCUT2D eigenvalue weighted by Crippen LogP contribution is 2.30. The number of hydrogen-bond donors (Lipinski definition) is 1. The Morgan fingerprint density at radius 3 is 2.60 bits per heavy atom. The van der Waals surface area contributed by atoms with Crippen molar-refractivity contribution in [3.63, 3.8) is 0 Å². The minimum atomic E-state index is -0.149. The van der Waals surface area contributed by atoms with Gasteiger partial charge in [0.15, 0.2) is 0 Å². The summed E-state index contributed by atoms with van der Waals surface area (Å²) in [6.07, 6.45) is 15.3. The quantitative estimate of drug-likeness (QED) is 0.331. The van der Waals surface area contributed by atoms with Crippen LogP contribution in [0, 0.1) is 5.92 Å². The molecule has 0 amide bonds. The Morgan fingerprint density at radius 2 is 1.84 bits per heavy atom. The van der Waals surface area contributed by atoms with Crippen LogP contribution in [0.2, 0.25) is 0 Å². The molecule has 1 aliphatic rings. The summed E-state index contributed by atoms with van der Waals surface area (Å²) in [5.41, 5.74) is 0. The van der Waals surface area contributed by atoms with Gasteiger partial charge in [-0.15, -0.1) is 0 Å². The number of unbranched alkanes of at least 4 members (excludes halogenated alkanes) is 7. The van der Waals surface area contributed by atoms with E-state index in [1.165, 1.54) is 45.6 Å². The van der Waals surface area contributed by atoms with Gasteiger partial charge in [-0.1, -0.05) is 58.3 Å². The molecule has 3 unspecified atom stereocenters. The van der Waals surface area contributed by atoms with E-state index in [0.717, 1.165) is 51.6 Å². The first kappa shape index (κ1) is 22.4. The van der Waals surface area contributed by atoms with E-state index in [-0.39, 0.29) is 12.1 Å². The molecule has 0 spiro atoms. The molecule has 1 aliphatic heterocycles. The van der Waals surface area contributed by atoms with Crippen molar-refractivity contribution in [2.45, 2.75) is 109 Å². The lowest BCUT2D eigenvalue weighted by atomic mass is 9.90. The van der Waals surface area contributed by atoms with Gasteiger partial charge in [-0.25, -0.2) is 0 Å². The fourth-order valence-electron chi connectivity index (χ4n) is 3.80. The van der Waals surface area contributed by atoms with Crippen molar-refractivity contribution < 1.29 is 19.4 Å². The Morgan fingerprint density at radius 1 is 1.12 bits per heavy atom. The van der Waals surface area contributed by atoms with E-state index < -0.39 is 0 Å². The van der Waals surface area contributed by atoms with E-state index in [4.69, 9.17) is 4.74 Å². The summed E-state index contributed by atoms with van der Waals surface area (Å²) in [6.45, 7) is 3.08. The van der Waals surface area contributed by atoms with Gasteiger partial charge >= 0.3 is 5.97 Å². The number of carbonyl (C=O) groups is 1. The predicted octanol–water partition coefficient (Wildman–Crippen LogP) is 5.02. The Bertz CT molecular complexity index is 332. The Hall–Kier alpha value is -0.610. The van der Waals surface area contributed by atoms with Gasteiger partial charge in [0, 0.05) is 13.0 Å². The smallest absolute Gasteiger partial charge is 0.305 e. The molecular weight excluding hydrogens is 316 g/mol. The molecule has 1 saturated heterocycles. The second-order valence-electron chi connectivity index (χ2n) is 7.58. The van der Waals surface area contributed by atoms with E-state index >= 15 is 0 Å². The summed E-state index contributed by atoms with van der Waals surface area (Å²) in [5.74, 6) is 0.441. The number of aliphatic hydroxyl groups excluding tert-OH is 1. The maximum atomic E-state index is 11.0. The lowest BCUT2D eigenvalue weighted by Gasteiger charge is -2.21. The van der Waals surface area contributed by atoms with Gasteiger partial charge in [-0.3, -0.25) is 4.79 Å². The number of ether oxygens (including phenoxy) is 2. The van der Waals surface area contributed by atoms with Crippen LogP contribution < -0.4 is 0 Å². The molecule has 0 bridgehead atoms. The van der Waals surface area contributed by atoms with Gasteiger partial charge in [-0.05, 0) is 38.0 Å². The Kier molecular flexibility index (Phi) is 13.1. The zero-order chi connectivity index (χ0) is 18.3. The fraction of sp³-hybridized carbons (Fsp3) is 0.952. The van der Waals surface area contributed by atoms with Crippen LogP contribution in [0.4, 0.5) is 0 Å². The third-order valence-corrected chi connectivity index (χ3v) is 5.41. The molecule has 3 atom stereocenters. The van der Waals surface area contributed by atoms with Crippen molar-refractivity contribution in [1.82, 2.24) is 0 Å². The number of hydrogen-bond acceptors (Lipinski definition) is 4. The zero-order valence-electron chi connectivity index (χ0n) is 16.5. The Labute approximate surface area is 154 Å². The molecule has 4 heteroatoms. The maximum absolute atomic E-state index is 11.0. The lowest BCUT2D eigenvalue weighted by molar-refractivity contribution is -0.140. The van der Waals surface area contributed by atoms with Gasteiger partial charge in [0.05, 0.1) is 19.3 Å². The van der Waals surface area contributed by atoms with Crippen molar-refractivity contribution in [3.05, 3.63) is 0 Å². The molecule has 148 valence electrons. The molecule has 1 rings (SSSR count). The number of esters is 1. The summed E-state index contributed by atoms with van der Waals surface area (Å²) in [5, 5.41) is 10.3. The summed E-state index contributed by atoms with van der Waals surface area (Å²) in [6, 6.07) is 0. The van der Waals surface area contributed by atoms with Crippen LogP contribution in [0.5, 0.6) is 0 Å². The normalized spacial score (nSPS) is 21.4. The van der Waals surface area contributed by atoms with Crippen LogP contribution in [0.15, 0.2) is 0 Å². The van der Waals surface area contributed by atoms with Gasteiger partial charge < -0.3 is 14.6 Å². The molecule has 1 N–H and O–H groups in total. The standard InChI is InChI=1S/C21H40O4/c1-3-4-5-9-12-19(22)17-18-15-16-25-20(18)13-10-7-6-8-11-14-21(23)24-2/h18-20,22H,3-17H2,1-2H3. The maximum Gasteiger partial charge on any atom is 0.305 e. The highest BCUT2D eigenvalue weighted by atomic mass is 16.5. The summed E-state index contributed by atoms with van der Waals surface area (Å²) < 4.78 is 10.6. The highest BCUT2D eigenvalue weighted by Gasteiger charge is 2.29. The minimum absolute atomic E-state index is 0.101. The first-order chi connectivity index (χ1) is 12.2. The van der Waals surface area contributed by atoms with Crippen molar-refractivity contribution in [2.75, 3.05) is 13.7 Å². The first-order valence-electron chi connectivity index (χ1n) is 10.5. The van der Waals surface area contributed by atoms with Crippen LogP contribution in [0.3, 0.4) is 0 Å². The molecule has 0 saturated carbocycles. The van der Waals surface area contributed by atoms with Gasteiger partial charge in [0.1, 0.15) is 0 Å². The predicted molar refractivity (Wildman–Crippen MR) is 102 cm³/mol. The third kappa shape index (κ3) is 10.9. The molecule has 0 aromatic heterocycles. The molecule has 0 radical (unpaired) electrons. The van der Waals surface area contributed by atoms with Gasteiger partial charge in [0.2, 0.25) is 0 Å². The Balaban J connectivity index is 2.05. The fourth-order valence-corrected chi connectivity index (χ4v) is 3.80. The van der Waals surface area contributed by atoms with Crippen molar-refractivity contribution in [2.24, 2.45) is 5.92 Å². The molecule has 4 nitrogen and oxygen atoms in total. The minimum Gasteiger partial charge on any atom is -0.469 e. The van der Waals surface area contributed by atoms with Crippen LogP contribution in [0.1, 0.15) is 96.8 Å².